The molecule has 0 saturated carbocycles. The van der Waals surface area contributed by atoms with Gasteiger partial charge in [0.05, 0.1) is 0 Å². The molecule has 84 valence electrons. The highest BCUT2D eigenvalue weighted by molar-refractivity contribution is 5.13. The first kappa shape index (κ1) is 10.8. The monoisotopic (exact) mass is 218 g/mol. The molecule has 16 heavy (non-hydrogen) atoms. The summed E-state index contributed by atoms with van der Waals surface area (Å²) in [6, 6.07) is 3.90. The fourth-order valence-corrected chi connectivity index (χ4v) is 1.41. The molecule has 0 aliphatic carbocycles. The van der Waals surface area contributed by atoms with Crippen LogP contribution in [0.2, 0.25) is 0 Å². The Bertz CT molecular complexity index is 438. The normalized spacial score (nSPS) is 12.6. The van der Waals surface area contributed by atoms with Gasteiger partial charge in [0, 0.05) is 31.3 Å². The lowest BCUT2D eigenvalue weighted by atomic mass is 10.2. The molecular formula is C11H14N4O. The quantitative estimate of drug-likeness (QED) is 0.826. The van der Waals surface area contributed by atoms with Gasteiger partial charge in [0.25, 0.3) is 0 Å². The van der Waals surface area contributed by atoms with E-state index in [0.29, 0.717) is 24.6 Å². The van der Waals surface area contributed by atoms with Crippen LogP contribution in [0.4, 0.5) is 0 Å². The minimum atomic E-state index is 0.0340. The topological polar surface area (TPSA) is 77.8 Å². The van der Waals surface area contributed by atoms with Crippen molar-refractivity contribution in [2.45, 2.75) is 25.8 Å². The zero-order valence-electron chi connectivity index (χ0n) is 9.13. The van der Waals surface area contributed by atoms with Gasteiger partial charge in [-0.15, -0.1) is 0 Å². The zero-order valence-corrected chi connectivity index (χ0v) is 9.13. The first-order chi connectivity index (χ1) is 7.74. The van der Waals surface area contributed by atoms with E-state index in [9.17, 15) is 0 Å². The Morgan fingerprint density at radius 3 is 3.06 bits per heavy atom. The lowest BCUT2D eigenvalue weighted by Crippen LogP contribution is -2.17. The molecule has 2 N–H and O–H groups in total. The highest BCUT2D eigenvalue weighted by Crippen LogP contribution is 2.06. The van der Waals surface area contributed by atoms with Crippen molar-refractivity contribution in [2.24, 2.45) is 5.73 Å². The van der Waals surface area contributed by atoms with Crippen LogP contribution >= 0.6 is 0 Å². The molecular weight excluding hydrogens is 204 g/mol. The van der Waals surface area contributed by atoms with Crippen LogP contribution in [-0.4, -0.2) is 21.2 Å². The fraction of sp³-hybridized carbons (Fsp3) is 0.364. The van der Waals surface area contributed by atoms with Crippen molar-refractivity contribution in [1.82, 2.24) is 15.1 Å². The van der Waals surface area contributed by atoms with Crippen LogP contribution in [0.25, 0.3) is 0 Å². The molecule has 1 unspecified atom stereocenters. The fourth-order valence-electron chi connectivity index (χ4n) is 1.41. The Kier molecular flexibility index (Phi) is 3.26. The van der Waals surface area contributed by atoms with Crippen molar-refractivity contribution in [1.29, 1.82) is 0 Å². The first-order valence-electron chi connectivity index (χ1n) is 5.20. The van der Waals surface area contributed by atoms with Crippen molar-refractivity contribution < 1.29 is 4.52 Å². The number of nitrogens with zero attached hydrogens (tertiary/aromatic N) is 3. The molecule has 0 aromatic carbocycles. The second kappa shape index (κ2) is 4.85. The summed E-state index contributed by atoms with van der Waals surface area (Å²) in [5.74, 6) is 1.26. The van der Waals surface area contributed by atoms with Gasteiger partial charge < -0.3 is 10.3 Å². The van der Waals surface area contributed by atoms with Crippen LogP contribution in [0.15, 0.2) is 29.0 Å². The molecule has 0 fully saturated rings. The van der Waals surface area contributed by atoms with Crippen molar-refractivity contribution in [3.63, 3.8) is 0 Å². The van der Waals surface area contributed by atoms with Gasteiger partial charge in [0.15, 0.2) is 5.82 Å². The van der Waals surface area contributed by atoms with Gasteiger partial charge in [-0.2, -0.15) is 4.98 Å². The lowest BCUT2D eigenvalue weighted by molar-refractivity contribution is 0.367. The van der Waals surface area contributed by atoms with Crippen LogP contribution in [-0.2, 0) is 12.8 Å². The molecule has 2 aromatic heterocycles. The van der Waals surface area contributed by atoms with Gasteiger partial charge in [-0.05, 0) is 18.6 Å². The third-order valence-electron chi connectivity index (χ3n) is 2.09. The van der Waals surface area contributed by atoms with Crippen LogP contribution in [0.1, 0.15) is 24.2 Å². The van der Waals surface area contributed by atoms with Crippen LogP contribution in [0, 0.1) is 0 Å². The smallest absolute Gasteiger partial charge is 0.228 e. The third-order valence-corrected chi connectivity index (χ3v) is 2.09. The van der Waals surface area contributed by atoms with Gasteiger partial charge in [-0.25, -0.2) is 0 Å². The van der Waals surface area contributed by atoms with Crippen molar-refractivity contribution in [3.05, 3.63) is 41.8 Å². The minimum Gasteiger partial charge on any atom is -0.339 e. The Balaban J connectivity index is 2.03. The summed E-state index contributed by atoms with van der Waals surface area (Å²) >= 11 is 0. The highest BCUT2D eigenvalue weighted by atomic mass is 16.5. The predicted octanol–water partition coefficient (Wildman–Crippen LogP) is 0.945. The summed E-state index contributed by atoms with van der Waals surface area (Å²) in [5.41, 5.74) is 6.71. The standard InChI is InChI=1S/C11H14N4O/c1-8(12)5-11-14-10(15-16-11)6-9-3-2-4-13-7-9/h2-4,7-8H,5-6,12H2,1H3. The zero-order chi connectivity index (χ0) is 11.4. The Morgan fingerprint density at radius 2 is 2.38 bits per heavy atom. The molecule has 2 rings (SSSR count). The molecule has 5 nitrogen and oxygen atoms in total. The van der Waals surface area contributed by atoms with Gasteiger partial charge in [-0.1, -0.05) is 11.2 Å². The maximum absolute atomic E-state index is 5.65. The SMILES string of the molecule is CC(N)Cc1nc(Cc2cccnc2)no1. The molecule has 1 atom stereocenters. The van der Waals surface area contributed by atoms with E-state index in [-0.39, 0.29) is 6.04 Å². The molecule has 0 amide bonds. The maximum Gasteiger partial charge on any atom is 0.228 e. The van der Waals surface area contributed by atoms with Gasteiger partial charge in [-0.3, -0.25) is 4.98 Å². The number of hydrogen-bond donors (Lipinski definition) is 1. The summed E-state index contributed by atoms with van der Waals surface area (Å²) in [7, 11) is 0. The second-order valence-electron chi connectivity index (χ2n) is 3.82. The summed E-state index contributed by atoms with van der Waals surface area (Å²) in [6.45, 7) is 1.91. The summed E-state index contributed by atoms with van der Waals surface area (Å²) in [5, 5.41) is 3.90. The van der Waals surface area contributed by atoms with E-state index in [2.05, 4.69) is 15.1 Å². The van der Waals surface area contributed by atoms with Crippen molar-refractivity contribution >= 4 is 0 Å². The molecule has 0 aliphatic heterocycles. The van der Waals surface area contributed by atoms with Crippen LogP contribution in [0.5, 0.6) is 0 Å². The molecule has 0 saturated heterocycles. The summed E-state index contributed by atoms with van der Waals surface area (Å²) in [6.07, 6.45) is 4.78. The van der Waals surface area contributed by atoms with E-state index in [4.69, 9.17) is 10.3 Å². The molecule has 0 radical (unpaired) electrons. The number of hydrogen-bond acceptors (Lipinski definition) is 5. The predicted molar refractivity (Wildman–Crippen MR) is 58.7 cm³/mol. The number of aromatic nitrogens is 3. The molecule has 0 bridgehead atoms. The van der Waals surface area contributed by atoms with E-state index >= 15 is 0 Å². The summed E-state index contributed by atoms with van der Waals surface area (Å²) in [4.78, 5) is 8.29. The highest BCUT2D eigenvalue weighted by Gasteiger charge is 2.08. The maximum atomic E-state index is 5.65. The molecule has 5 heteroatoms. The Labute approximate surface area is 93.7 Å². The molecule has 2 aromatic rings. The molecule has 0 spiro atoms. The number of pyridine rings is 1. The third kappa shape index (κ3) is 2.87. The Morgan fingerprint density at radius 1 is 1.50 bits per heavy atom. The average molecular weight is 218 g/mol. The lowest BCUT2D eigenvalue weighted by Gasteiger charge is -1.96. The van der Waals surface area contributed by atoms with Crippen molar-refractivity contribution in [3.8, 4) is 0 Å². The molecule has 0 aliphatic rings. The van der Waals surface area contributed by atoms with E-state index in [0.717, 1.165) is 5.56 Å². The van der Waals surface area contributed by atoms with Gasteiger partial charge in [0.2, 0.25) is 5.89 Å². The van der Waals surface area contributed by atoms with Gasteiger partial charge >= 0.3 is 0 Å². The van der Waals surface area contributed by atoms with E-state index in [1.165, 1.54) is 0 Å². The Hall–Kier alpha value is -1.75. The van der Waals surface area contributed by atoms with E-state index in [1.54, 1.807) is 12.4 Å². The van der Waals surface area contributed by atoms with Crippen LogP contribution < -0.4 is 5.73 Å². The number of rotatable bonds is 4. The molecule has 2 heterocycles. The minimum absolute atomic E-state index is 0.0340. The van der Waals surface area contributed by atoms with Gasteiger partial charge in [0.1, 0.15) is 0 Å². The van der Waals surface area contributed by atoms with E-state index < -0.39 is 0 Å². The first-order valence-corrected chi connectivity index (χ1v) is 5.20. The van der Waals surface area contributed by atoms with Crippen LogP contribution in [0.3, 0.4) is 0 Å². The van der Waals surface area contributed by atoms with E-state index in [1.807, 2.05) is 19.1 Å². The largest absolute Gasteiger partial charge is 0.339 e. The number of nitrogens with two attached hydrogens (primary N) is 1. The summed E-state index contributed by atoms with van der Waals surface area (Å²) < 4.78 is 5.09. The van der Waals surface area contributed by atoms with Crippen molar-refractivity contribution in [2.75, 3.05) is 0 Å². The average Bonchev–Trinajstić information content (AvgIpc) is 2.66. The second-order valence-corrected chi connectivity index (χ2v) is 3.82.